The van der Waals surface area contributed by atoms with Crippen molar-refractivity contribution in [3.63, 3.8) is 0 Å². The fourth-order valence-corrected chi connectivity index (χ4v) is 3.70. The van der Waals surface area contributed by atoms with E-state index in [9.17, 15) is 0 Å². The molecule has 1 aromatic carbocycles. The first-order valence-corrected chi connectivity index (χ1v) is 7.89. The summed E-state index contributed by atoms with van der Waals surface area (Å²) >= 11 is 0. The quantitative estimate of drug-likeness (QED) is 0.925. The Morgan fingerprint density at radius 1 is 1.10 bits per heavy atom. The molecule has 0 aromatic heterocycles. The lowest BCUT2D eigenvalue weighted by Gasteiger charge is -2.38. The van der Waals surface area contributed by atoms with Gasteiger partial charge in [0.25, 0.3) is 0 Å². The van der Waals surface area contributed by atoms with Gasteiger partial charge in [-0.05, 0) is 75.1 Å². The fourth-order valence-electron chi connectivity index (χ4n) is 3.70. The van der Waals surface area contributed by atoms with Crippen LogP contribution in [0.15, 0.2) is 12.1 Å². The van der Waals surface area contributed by atoms with Gasteiger partial charge in [0.1, 0.15) is 0 Å². The lowest BCUT2D eigenvalue weighted by atomic mass is 9.81. The summed E-state index contributed by atoms with van der Waals surface area (Å²) in [4.78, 5) is 2.43. The highest BCUT2D eigenvalue weighted by Gasteiger charge is 2.30. The summed E-state index contributed by atoms with van der Waals surface area (Å²) in [6, 6.07) is 4.81. The third-order valence-corrected chi connectivity index (χ3v) is 4.97. The van der Waals surface area contributed by atoms with E-state index >= 15 is 0 Å². The molecule has 1 N–H and O–H groups in total. The molecule has 21 heavy (non-hydrogen) atoms. The number of methoxy groups -OCH3 is 2. The smallest absolute Gasteiger partial charge is 0.161 e. The van der Waals surface area contributed by atoms with Crippen molar-refractivity contribution < 1.29 is 9.47 Å². The van der Waals surface area contributed by atoms with Crippen LogP contribution in [0, 0.1) is 5.92 Å². The second-order valence-electron chi connectivity index (χ2n) is 6.23. The molecule has 4 nitrogen and oxygen atoms in total. The van der Waals surface area contributed by atoms with Crippen molar-refractivity contribution in [1.29, 1.82) is 0 Å². The van der Waals surface area contributed by atoms with E-state index in [0.717, 1.165) is 30.4 Å². The van der Waals surface area contributed by atoms with Crippen LogP contribution in [0.4, 0.5) is 0 Å². The molecule has 1 atom stereocenters. The molecule has 0 saturated carbocycles. The summed E-state index contributed by atoms with van der Waals surface area (Å²) in [6.07, 6.45) is 3.60. The lowest BCUT2D eigenvalue weighted by Crippen LogP contribution is -2.40. The van der Waals surface area contributed by atoms with Gasteiger partial charge < -0.3 is 19.7 Å². The maximum Gasteiger partial charge on any atom is 0.161 e. The molecular formula is C17H26N2O2. The number of likely N-dealkylation sites (tertiary alicyclic amines) is 1. The van der Waals surface area contributed by atoms with E-state index < -0.39 is 0 Å². The number of hydrogen-bond donors (Lipinski definition) is 1. The summed E-state index contributed by atoms with van der Waals surface area (Å²) in [7, 11) is 5.64. The lowest BCUT2D eigenvalue weighted by molar-refractivity contribution is 0.181. The first-order chi connectivity index (χ1) is 10.2. The van der Waals surface area contributed by atoms with Crippen molar-refractivity contribution in [2.24, 2.45) is 5.92 Å². The van der Waals surface area contributed by atoms with Crippen LogP contribution in [-0.2, 0) is 6.42 Å². The van der Waals surface area contributed by atoms with Gasteiger partial charge in [-0.25, -0.2) is 0 Å². The monoisotopic (exact) mass is 290 g/mol. The molecule has 0 spiro atoms. The maximum absolute atomic E-state index is 5.49. The van der Waals surface area contributed by atoms with Crippen LogP contribution >= 0.6 is 0 Å². The van der Waals surface area contributed by atoms with E-state index in [2.05, 4.69) is 29.4 Å². The van der Waals surface area contributed by atoms with Crippen LogP contribution in [0.25, 0.3) is 0 Å². The largest absolute Gasteiger partial charge is 0.493 e. The third-order valence-electron chi connectivity index (χ3n) is 4.97. The second-order valence-corrected chi connectivity index (χ2v) is 6.23. The summed E-state index contributed by atoms with van der Waals surface area (Å²) in [5, 5.41) is 3.73. The van der Waals surface area contributed by atoms with Crippen LogP contribution in [0.1, 0.15) is 30.0 Å². The SMILES string of the molecule is COc1cc2c(cc1OC)C(C1CCN(C)CC1)NCC2. The molecule has 4 heteroatoms. The summed E-state index contributed by atoms with van der Waals surface area (Å²) < 4.78 is 10.9. The van der Waals surface area contributed by atoms with Gasteiger partial charge in [0, 0.05) is 6.04 Å². The Morgan fingerprint density at radius 3 is 2.43 bits per heavy atom. The number of nitrogens with zero attached hydrogens (tertiary/aromatic N) is 1. The molecule has 116 valence electrons. The van der Waals surface area contributed by atoms with Crippen molar-refractivity contribution in [3.05, 3.63) is 23.3 Å². The highest BCUT2D eigenvalue weighted by atomic mass is 16.5. The zero-order valence-corrected chi connectivity index (χ0v) is 13.3. The molecule has 0 radical (unpaired) electrons. The van der Waals surface area contributed by atoms with E-state index in [0.29, 0.717) is 6.04 Å². The zero-order valence-electron chi connectivity index (χ0n) is 13.3. The van der Waals surface area contributed by atoms with Crippen LogP contribution in [0.5, 0.6) is 11.5 Å². The Morgan fingerprint density at radius 2 is 1.76 bits per heavy atom. The van der Waals surface area contributed by atoms with Gasteiger partial charge in [-0.3, -0.25) is 0 Å². The number of rotatable bonds is 3. The minimum absolute atomic E-state index is 0.460. The minimum atomic E-state index is 0.460. The van der Waals surface area contributed by atoms with Crippen LogP contribution in [0.2, 0.25) is 0 Å². The number of fused-ring (bicyclic) bond motifs is 1. The maximum atomic E-state index is 5.49. The van der Waals surface area contributed by atoms with Crippen molar-refractivity contribution in [2.75, 3.05) is 40.9 Å². The normalized spacial score (nSPS) is 23.7. The molecule has 1 unspecified atom stereocenters. The molecule has 0 aliphatic carbocycles. The highest BCUT2D eigenvalue weighted by Crippen LogP contribution is 2.39. The van der Waals surface area contributed by atoms with E-state index in [1.165, 1.54) is 37.1 Å². The van der Waals surface area contributed by atoms with Gasteiger partial charge in [0.05, 0.1) is 14.2 Å². The molecule has 1 saturated heterocycles. The molecule has 2 aliphatic rings. The molecular weight excluding hydrogens is 264 g/mol. The van der Waals surface area contributed by atoms with E-state index in [1.54, 1.807) is 14.2 Å². The number of ether oxygens (including phenoxy) is 2. The molecule has 1 aromatic rings. The predicted octanol–water partition coefficient (Wildman–Crippen LogP) is 2.23. The van der Waals surface area contributed by atoms with Gasteiger partial charge in [-0.15, -0.1) is 0 Å². The highest BCUT2D eigenvalue weighted by molar-refractivity contribution is 5.49. The number of piperidine rings is 1. The fraction of sp³-hybridized carbons (Fsp3) is 0.647. The Kier molecular flexibility index (Phi) is 4.36. The predicted molar refractivity (Wildman–Crippen MR) is 84.2 cm³/mol. The van der Waals surface area contributed by atoms with Crippen LogP contribution in [-0.4, -0.2) is 45.8 Å². The molecule has 2 heterocycles. The average Bonchev–Trinajstić information content (AvgIpc) is 2.53. The molecule has 2 aliphatic heterocycles. The van der Waals surface area contributed by atoms with Crippen molar-refractivity contribution >= 4 is 0 Å². The first kappa shape index (κ1) is 14.7. The van der Waals surface area contributed by atoms with Gasteiger partial charge in [0.2, 0.25) is 0 Å². The molecule has 0 bridgehead atoms. The van der Waals surface area contributed by atoms with Gasteiger partial charge >= 0.3 is 0 Å². The third kappa shape index (κ3) is 2.87. The molecule has 0 amide bonds. The summed E-state index contributed by atoms with van der Waals surface area (Å²) in [5.74, 6) is 2.41. The van der Waals surface area contributed by atoms with Gasteiger partial charge in [-0.2, -0.15) is 0 Å². The Balaban J connectivity index is 1.90. The van der Waals surface area contributed by atoms with Crippen molar-refractivity contribution in [2.45, 2.75) is 25.3 Å². The minimum Gasteiger partial charge on any atom is -0.493 e. The van der Waals surface area contributed by atoms with E-state index in [-0.39, 0.29) is 0 Å². The Bertz CT molecular complexity index is 496. The number of nitrogens with one attached hydrogen (secondary N) is 1. The Labute approximate surface area is 127 Å². The average molecular weight is 290 g/mol. The summed E-state index contributed by atoms with van der Waals surface area (Å²) in [6.45, 7) is 3.45. The molecule has 1 fully saturated rings. The topological polar surface area (TPSA) is 33.7 Å². The number of benzene rings is 1. The standard InChI is InChI=1S/C17H26N2O2/c1-19-8-5-12(6-9-19)17-14-11-16(21-3)15(20-2)10-13(14)4-7-18-17/h10-12,17-18H,4-9H2,1-3H3. The van der Waals surface area contributed by atoms with Crippen LogP contribution < -0.4 is 14.8 Å². The second kappa shape index (κ2) is 6.24. The van der Waals surface area contributed by atoms with Crippen LogP contribution in [0.3, 0.4) is 0 Å². The zero-order chi connectivity index (χ0) is 14.8. The van der Waals surface area contributed by atoms with Crippen molar-refractivity contribution in [1.82, 2.24) is 10.2 Å². The summed E-state index contributed by atoms with van der Waals surface area (Å²) in [5.41, 5.74) is 2.82. The Hall–Kier alpha value is -1.26. The van der Waals surface area contributed by atoms with Crippen molar-refractivity contribution in [3.8, 4) is 11.5 Å². The van der Waals surface area contributed by atoms with Gasteiger partial charge in [0.15, 0.2) is 11.5 Å². The van der Waals surface area contributed by atoms with Gasteiger partial charge in [-0.1, -0.05) is 0 Å². The first-order valence-electron chi connectivity index (χ1n) is 7.89. The molecule has 3 rings (SSSR count). The van der Waals surface area contributed by atoms with E-state index in [1.807, 2.05) is 0 Å². The number of hydrogen-bond acceptors (Lipinski definition) is 4. The van der Waals surface area contributed by atoms with E-state index in [4.69, 9.17) is 9.47 Å².